The fourth-order valence-corrected chi connectivity index (χ4v) is 3.24. The molecule has 6 nitrogen and oxygen atoms in total. The van der Waals surface area contributed by atoms with Crippen molar-refractivity contribution >= 4 is 17.9 Å². The standard InChI is InChI=1S/C24H27F3N2O4/c25-24(26,27)19-7-3-17(4-8-19)15-21(23(32)28-12-13-30)29-22(31)18-5-9-20(10-6-18)33-14-11-16-1-2-16/h3-5,7-10,15-16,18,30H,1-2,6,11-14H2,(H,28,32)(H,29,31)/b21-15-. The van der Waals surface area contributed by atoms with E-state index in [1.54, 1.807) is 12.2 Å². The minimum absolute atomic E-state index is 0.0350. The van der Waals surface area contributed by atoms with Gasteiger partial charge in [0.1, 0.15) is 11.5 Å². The van der Waals surface area contributed by atoms with Crippen molar-refractivity contribution in [3.63, 3.8) is 0 Å². The lowest BCUT2D eigenvalue weighted by Crippen LogP contribution is -2.38. The number of hydrogen-bond acceptors (Lipinski definition) is 4. The molecule has 0 radical (unpaired) electrons. The number of carbonyl (C=O) groups excluding carboxylic acids is 2. The van der Waals surface area contributed by atoms with E-state index < -0.39 is 29.5 Å². The smallest absolute Gasteiger partial charge is 0.416 e. The predicted molar refractivity (Wildman–Crippen MR) is 116 cm³/mol. The van der Waals surface area contributed by atoms with Crippen molar-refractivity contribution in [1.29, 1.82) is 0 Å². The van der Waals surface area contributed by atoms with E-state index in [1.807, 2.05) is 6.08 Å². The fourth-order valence-electron chi connectivity index (χ4n) is 3.24. The van der Waals surface area contributed by atoms with Gasteiger partial charge in [0, 0.05) is 6.54 Å². The van der Waals surface area contributed by atoms with Crippen LogP contribution in [0.25, 0.3) is 6.08 Å². The van der Waals surface area contributed by atoms with Crippen molar-refractivity contribution in [3.05, 3.63) is 65.1 Å². The Morgan fingerprint density at radius 2 is 1.91 bits per heavy atom. The molecule has 0 heterocycles. The summed E-state index contributed by atoms with van der Waals surface area (Å²) in [5.74, 6) is -0.138. The van der Waals surface area contributed by atoms with Crippen LogP contribution < -0.4 is 10.6 Å². The lowest BCUT2D eigenvalue weighted by Gasteiger charge is -2.18. The van der Waals surface area contributed by atoms with Crippen molar-refractivity contribution in [1.82, 2.24) is 10.6 Å². The summed E-state index contributed by atoms with van der Waals surface area (Å²) in [7, 11) is 0. The Morgan fingerprint density at radius 3 is 2.48 bits per heavy atom. The fraction of sp³-hybridized carbons (Fsp3) is 0.417. The number of nitrogens with one attached hydrogen (secondary N) is 2. The first-order chi connectivity index (χ1) is 15.8. The minimum Gasteiger partial charge on any atom is -0.494 e. The van der Waals surface area contributed by atoms with E-state index in [-0.39, 0.29) is 18.8 Å². The Balaban J connectivity index is 1.64. The van der Waals surface area contributed by atoms with Gasteiger partial charge in [-0.1, -0.05) is 31.1 Å². The second-order valence-corrected chi connectivity index (χ2v) is 8.03. The van der Waals surface area contributed by atoms with E-state index in [0.717, 1.165) is 24.5 Å². The number of amides is 2. The summed E-state index contributed by atoms with van der Waals surface area (Å²) in [5.41, 5.74) is -0.635. The minimum atomic E-state index is -4.47. The zero-order valence-corrected chi connectivity index (χ0v) is 18.0. The van der Waals surface area contributed by atoms with Crippen LogP contribution >= 0.6 is 0 Å². The van der Waals surface area contributed by atoms with Crippen LogP contribution in [-0.4, -0.2) is 36.7 Å². The number of aliphatic hydroxyl groups excluding tert-OH is 1. The third-order valence-electron chi connectivity index (χ3n) is 5.34. The number of carbonyl (C=O) groups is 2. The van der Waals surface area contributed by atoms with E-state index in [9.17, 15) is 22.8 Å². The zero-order chi connectivity index (χ0) is 23.8. The molecule has 3 N–H and O–H groups in total. The number of allylic oxidation sites excluding steroid dienone is 2. The van der Waals surface area contributed by atoms with Crippen LogP contribution in [0, 0.1) is 11.8 Å². The van der Waals surface area contributed by atoms with E-state index in [4.69, 9.17) is 9.84 Å². The largest absolute Gasteiger partial charge is 0.494 e. The Bertz CT molecular complexity index is 932. The molecule has 0 bridgehead atoms. The highest BCUT2D eigenvalue weighted by Gasteiger charge is 2.30. The topological polar surface area (TPSA) is 87.7 Å². The van der Waals surface area contributed by atoms with Gasteiger partial charge in [-0.15, -0.1) is 0 Å². The summed E-state index contributed by atoms with van der Waals surface area (Å²) >= 11 is 0. The van der Waals surface area contributed by atoms with Crippen molar-refractivity contribution in [2.45, 2.75) is 31.9 Å². The Kier molecular flexibility index (Phi) is 8.32. The van der Waals surface area contributed by atoms with Crippen LogP contribution in [0.4, 0.5) is 13.2 Å². The van der Waals surface area contributed by atoms with E-state index in [0.29, 0.717) is 24.4 Å². The maximum absolute atomic E-state index is 12.8. The molecule has 2 amide bonds. The molecule has 2 aliphatic rings. The summed E-state index contributed by atoms with van der Waals surface area (Å²) in [6.07, 6.45) is 6.00. The molecular weight excluding hydrogens is 437 g/mol. The second-order valence-electron chi connectivity index (χ2n) is 8.03. The van der Waals surface area contributed by atoms with Gasteiger partial charge in [0.15, 0.2) is 0 Å². The van der Waals surface area contributed by atoms with Crippen LogP contribution in [0.15, 0.2) is 53.9 Å². The molecule has 2 aliphatic carbocycles. The van der Waals surface area contributed by atoms with Gasteiger partial charge in [-0.05, 0) is 54.7 Å². The third kappa shape index (κ3) is 7.78. The molecule has 178 valence electrons. The second kappa shape index (κ2) is 11.2. The van der Waals surface area contributed by atoms with Crippen LogP contribution in [-0.2, 0) is 20.5 Å². The number of ether oxygens (including phenoxy) is 1. The molecule has 1 unspecified atom stereocenters. The molecule has 9 heteroatoms. The molecule has 0 spiro atoms. The number of alkyl halides is 3. The SMILES string of the molecule is O=C(NCCO)/C(=C/c1ccc(C(F)(F)F)cc1)NC(=O)C1C=CC(OCCC2CC2)=CC1. The first-order valence-corrected chi connectivity index (χ1v) is 10.9. The lowest BCUT2D eigenvalue weighted by molar-refractivity contribution is -0.137. The van der Waals surface area contributed by atoms with E-state index >= 15 is 0 Å². The van der Waals surface area contributed by atoms with Crippen molar-refractivity contribution < 1.29 is 32.6 Å². The summed E-state index contributed by atoms with van der Waals surface area (Å²) < 4.78 is 44.0. The summed E-state index contributed by atoms with van der Waals surface area (Å²) in [6, 6.07) is 4.22. The highest BCUT2D eigenvalue weighted by atomic mass is 19.4. The number of aliphatic hydroxyl groups is 1. The molecule has 1 fully saturated rings. The zero-order valence-electron chi connectivity index (χ0n) is 18.0. The first-order valence-electron chi connectivity index (χ1n) is 10.9. The van der Waals surface area contributed by atoms with Gasteiger partial charge in [0.05, 0.1) is 24.7 Å². The molecule has 1 saturated carbocycles. The van der Waals surface area contributed by atoms with Crippen LogP contribution in [0.2, 0.25) is 0 Å². The number of hydrogen-bond donors (Lipinski definition) is 3. The Labute approximate surface area is 190 Å². The molecule has 1 aromatic rings. The quantitative estimate of drug-likeness (QED) is 0.462. The Morgan fingerprint density at radius 1 is 1.18 bits per heavy atom. The maximum Gasteiger partial charge on any atom is 0.416 e. The average molecular weight is 464 g/mol. The predicted octanol–water partition coefficient (Wildman–Crippen LogP) is 3.55. The van der Waals surface area contributed by atoms with Gasteiger partial charge in [0.25, 0.3) is 5.91 Å². The van der Waals surface area contributed by atoms with E-state index in [2.05, 4.69) is 10.6 Å². The van der Waals surface area contributed by atoms with Crippen LogP contribution in [0.5, 0.6) is 0 Å². The summed E-state index contributed by atoms with van der Waals surface area (Å²) in [5, 5.41) is 13.9. The highest BCUT2D eigenvalue weighted by molar-refractivity contribution is 6.01. The van der Waals surface area contributed by atoms with Crippen molar-refractivity contribution in [2.75, 3.05) is 19.8 Å². The summed E-state index contributed by atoms with van der Waals surface area (Å²) in [4.78, 5) is 25.2. The average Bonchev–Trinajstić information content (AvgIpc) is 3.61. The normalized spacial score (nSPS) is 18.5. The van der Waals surface area contributed by atoms with Crippen LogP contribution in [0.1, 0.15) is 36.8 Å². The molecular formula is C24H27F3N2O4. The molecule has 3 rings (SSSR count). The molecule has 1 aromatic carbocycles. The number of benzene rings is 1. The highest BCUT2D eigenvalue weighted by Crippen LogP contribution is 2.32. The molecule has 0 aliphatic heterocycles. The molecule has 33 heavy (non-hydrogen) atoms. The Hall–Kier alpha value is -3.07. The van der Waals surface area contributed by atoms with E-state index in [1.165, 1.54) is 31.1 Å². The van der Waals surface area contributed by atoms with Gasteiger partial charge in [-0.3, -0.25) is 9.59 Å². The first kappa shape index (κ1) is 24.6. The van der Waals surface area contributed by atoms with Crippen molar-refractivity contribution in [2.24, 2.45) is 11.8 Å². The van der Waals surface area contributed by atoms with Gasteiger partial charge >= 0.3 is 6.18 Å². The number of halogens is 3. The molecule has 0 aromatic heterocycles. The molecule has 1 atom stereocenters. The van der Waals surface area contributed by atoms with Gasteiger partial charge in [-0.25, -0.2) is 0 Å². The van der Waals surface area contributed by atoms with Crippen LogP contribution in [0.3, 0.4) is 0 Å². The lowest BCUT2D eigenvalue weighted by atomic mass is 9.99. The van der Waals surface area contributed by atoms with Gasteiger partial charge in [0.2, 0.25) is 5.91 Å². The van der Waals surface area contributed by atoms with Gasteiger partial charge in [-0.2, -0.15) is 13.2 Å². The number of rotatable bonds is 10. The van der Waals surface area contributed by atoms with Crippen molar-refractivity contribution in [3.8, 4) is 0 Å². The molecule has 0 saturated heterocycles. The maximum atomic E-state index is 12.8. The summed E-state index contributed by atoms with van der Waals surface area (Å²) in [6.45, 7) is 0.308. The van der Waals surface area contributed by atoms with Gasteiger partial charge < -0.3 is 20.5 Å². The monoisotopic (exact) mass is 464 g/mol. The third-order valence-corrected chi connectivity index (χ3v) is 5.34.